The van der Waals surface area contributed by atoms with Gasteiger partial charge in [-0.1, -0.05) is 91.0 Å². The highest BCUT2D eigenvalue weighted by molar-refractivity contribution is 5.75. The van der Waals surface area contributed by atoms with E-state index in [0.717, 1.165) is 55.3 Å². The molecule has 0 heterocycles. The molecule has 202 valence electrons. The van der Waals surface area contributed by atoms with Crippen LogP contribution in [0.5, 0.6) is 0 Å². The van der Waals surface area contributed by atoms with Gasteiger partial charge >= 0.3 is 6.03 Å². The van der Waals surface area contributed by atoms with E-state index in [4.69, 9.17) is 0 Å². The molecule has 6 nitrogen and oxygen atoms in total. The maximum absolute atomic E-state index is 13.0. The first kappa shape index (κ1) is 27.8. The molecule has 3 aromatic carbocycles. The Balaban J connectivity index is 1.25. The summed E-state index contributed by atoms with van der Waals surface area (Å²) in [4.78, 5) is 13.0. The Morgan fingerprint density at radius 3 is 1.92 bits per heavy atom. The van der Waals surface area contributed by atoms with Crippen molar-refractivity contribution in [2.24, 2.45) is 5.92 Å². The molecule has 0 saturated heterocycles. The highest BCUT2D eigenvalue weighted by Crippen LogP contribution is 2.33. The molecule has 2 atom stereocenters. The van der Waals surface area contributed by atoms with Crippen LogP contribution in [0.3, 0.4) is 0 Å². The number of nitrogens with one attached hydrogen (secondary N) is 3. The Bertz CT molecular complexity index is 1060. The monoisotopic (exact) mass is 515 g/mol. The summed E-state index contributed by atoms with van der Waals surface area (Å²) >= 11 is 0. The summed E-state index contributed by atoms with van der Waals surface area (Å²) in [7, 11) is 0. The van der Waals surface area contributed by atoms with Crippen molar-refractivity contribution in [1.82, 2.24) is 16.0 Å². The zero-order valence-electron chi connectivity index (χ0n) is 22.2. The quantitative estimate of drug-likeness (QED) is 0.252. The third-order valence-electron chi connectivity index (χ3n) is 7.91. The molecule has 2 amide bonds. The molecule has 38 heavy (non-hydrogen) atoms. The molecule has 1 aliphatic rings. The van der Waals surface area contributed by atoms with E-state index in [2.05, 4.69) is 16.0 Å². The lowest BCUT2D eigenvalue weighted by Crippen LogP contribution is -2.54. The van der Waals surface area contributed by atoms with Gasteiger partial charge in [-0.05, 0) is 68.2 Å². The number of hydrogen-bond acceptors (Lipinski definition) is 4. The van der Waals surface area contributed by atoms with Crippen LogP contribution in [-0.4, -0.2) is 41.5 Å². The van der Waals surface area contributed by atoms with E-state index < -0.39 is 11.6 Å². The number of aliphatic hydroxyl groups is 2. The smallest absolute Gasteiger partial charge is 0.315 e. The van der Waals surface area contributed by atoms with Gasteiger partial charge in [0.25, 0.3) is 0 Å². The Morgan fingerprint density at radius 2 is 1.39 bits per heavy atom. The normalized spacial score (nSPS) is 19.3. The SMILES string of the molecule is C[C@@H](NC(=O)NC1CCC(CCN[C@@H](CO)c2ccccc2)CC1)C(O)(c1ccccc1)c1ccccc1. The van der Waals surface area contributed by atoms with Gasteiger partial charge in [-0.25, -0.2) is 4.79 Å². The topological polar surface area (TPSA) is 93.6 Å². The lowest BCUT2D eigenvalue weighted by molar-refractivity contribution is 0.0470. The Labute approximate surface area is 226 Å². The average molecular weight is 516 g/mol. The first-order valence-electron chi connectivity index (χ1n) is 13.8. The van der Waals surface area contributed by atoms with Gasteiger partial charge in [0, 0.05) is 6.04 Å². The minimum absolute atomic E-state index is 0.0368. The van der Waals surface area contributed by atoms with Crippen LogP contribution in [0.25, 0.3) is 0 Å². The zero-order chi connectivity index (χ0) is 26.8. The molecule has 3 aromatic rings. The maximum atomic E-state index is 13.0. The van der Waals surface area contributed by atoms with Gasteiger partial charge in [0.15, 0.2) is 0 Å². The Kier molecular flexibility index (Phi) is 9.93. The van der Waals surface area contributed by atoms with Gasteiger partial charge in [0.1, 0.15) is 5.60 Å². The van der Waals surface area contributed by atoms with Crippen molar-refractivity contribution in [3.05, 3.63) is 108 Å². The molecule has 5 N–H and O–H groups in total. The fraction of sp³-hybridized carbons (Fsp3) is 0.406. The molecule has 6 heteroatoms. The van der Waals surface area contributed by atoms with Crippen LogP contribution in [0.2, 0.25) is 0 Å². The number of carbonyl (C=O) groups is 1. The molecule has 1 fully saturated rings. The summed E-state index contributed by atoms with van der Waals surface area (Å²) in [6, 6.07) is 28.3. The number of carbonyl (C=O) groups excluding carboxylic acids is 1. The lowest BCUT2D eigenvalue weighted by Gasteiger charge is -2.36. The molecular formula is C32H41N3O3. The predicted molar refractivity (Wildman–Crippen MR) is 152 cm³/mol. The van der Waals surface area contributed by atoms with Crippen LogP contribution in [-0.2, 0) is 5.60 Å². The second-order valence-electron chi connectivity index (χ2n) is 10.4. The van der Waals surface area contributed by atoms with Crippen LogP contribution in [0, 0.1) is 5.92 Å². The van der Waals surface area contributed by atoms with Gasteiger partial charge in [-0.3, -0.25) is 0 Å². The van der Waals surface area contributed by atoms with Crippen LogP contribution in [0.1, 0.15) is 61.8 Å². The summed E-state index contributed by atoms with van der Waals surface area (Å²) in [5, 5.41) is 31.2. The van der Waals surface area contributed by atoms with E-state index in [1.165, 1.54) is 0 Å². The van der Waals surface area contributed by atoms with E-state index in [1.54, 1.807) is 0 Å². The predicted octanol–water partition coefficient (Wildman–Crippen LogP) is 4.88. The molecular weight excluding hydrogens is 474 g/mol. The Morgan fingerprint density at radius 1 is 0.868 bits per heavy atom. The highest BCUT2D eigenvalue weighted by Gasteiger charge is 2.38. The second-order valence-corrected chi connectivity index (χ2v) is 10.4. The van der Waals surface area contributed by atoms with Crippen molar-refractivity contribution in [2.45, 2.75) is 62.8 Å². The summed E-state index contributed by atoms with van der Waals surface area (Å²) in [5.41, 5.74) is 1.23. The fourth-order valence-electron chi connectivity index (χ4n) is 5.61. The summed E-state index contributed by atoms with van der Waals surface area (Å²) in [6.07, 6.45) is 5.07. The van der Waals surface area contributed by atoms with Crippen molar-refractivity contribution >= 4 is 6.03 Å². The van der Waals surface area contributed by atoms with Gasteiger partial charge < -0.3 is 26.2 Å². The van der Waals surface area contributed by atoms with E-state index in [9.17, 15) is 15.0 Å². The number of rotatable bonds is 11. The summed E-state index contributed by atoms with van der Waals surface area (Å²) in [6.45, 7) is 2.79. The van der Waals surface area contributed by atoms with Gasteiger partial charge in [-0.2, -0.15) is 0 Å². The number of hydrogen-bond donors (Lipinski definition) is 5. The first-order chi connectivity index (χ1) is 18.5. The average Bonchev–Trinajstić information content (AvgIpc) is 2.97. The first-order valence-corrected chi connectivity index (χ1v) is 13.8. The van der Waals surface area contributed by atoms with Gasteiger partial charge in [0.2, 0.25) is 0 Å². The third kappa shape index (κ3) is 7.01. The maximum Gasteiger partial charge on any atom is 0.315 e. The Hall–Kier alpha value is -3.19. The molecule has 0 bridgehead atoms. The number of benzene rings is 3. The molecule has 0 spiro atoms. The second kappa shape index (κ2) is 13.6. The van der Waals surface area contributed by atoms with Crippen molar-refractivity contribution in [3.8, 4) is 0 Å². The molecule has 0 aromatic heterocycles. The minimum Gasteiger partial charge on any atom is -0.394 e. The highest BCUT2D eigenvalue weighted by atomic mass is 16.3. The van der Waals surface area contributed by atoms with Crippen molar-refractivity contribution in [1.29, 1.82) is 0 Å². The van der Waals surface area contributed by atoms with Crippen LogP contribution in [0.15, 0.2) is 91.0 Å². The van der Waals surface area contributed by atoms with Crippen LogP contribution < -0.4 is 16.0 Å². The van der Waals surface area contributed by atoms with Crippen molar-refractivity contribution in [3.63, 3.8) is 0 Å². The molecule has 1 saturated carbocycles. The van der Waals surface area contributed by atoms with E-state index >= 15 is 0 Å². The largest absolute Gasteiger partial charge is 0.394 e. The fourth-order valence-corrected chi connectivity index (χ4v) is 5.61. The molecule has 1 aliphatic carbocycles. The lowest BCUT2D eigenvalue weighted by atomic mass is 9.81. The van der Waals surface area contributed by atoms with Gasteiger partial charge in [-0.15, -0.1) is 0 Å². The van der Waals surface area contributed by atoms with Crippen molar-refractivity contribution in [2.75, 3.05) is 13.2 Å². The van der Waals surface area contributed by atoms with Gasteiger partial charge in [0.05, 0.1) is 18.7 Å². The summed E-state index contributed by atoms with van der Waals surface area (Å²) < 4.78 is 0. The van der Waals surface area contributed by atoms with Crippen molar-refractivity contribution < 1.29 is 15.0 Å². The standard InChI is InChI=1S/C32H41N3O3/c1-24(32(38,27-13-7-3-8-14-27)28-15-9-4-10-16-28)34-31(37)35-29-19-17-25(18-20-29)21-22-33-30(23-36)26-11-5-2-6-12-26/h2-16,24-25,29-30,33,36,38H,17-23H2,1H3,(H2,34,35,37)/t24-,25?,29?,30+/m1/s1. The number of aliphatic hydroxyl groups excluding tert-OH is 1. The number of urea groups is 1. The van der Waals surface area contributed by atoms with Crippen LogP contribution >= 0.6 is 0 Å². The van der Waals surface area contributed by atoms with E-state index in [-0.39, 0.29) is 24.7 Å². The molecule has 0 unspecified atom stereocenters. The molecule has 0 radical (unpaired) electrons. The summed E-state index contributed by atoms with van der Waals surface area (Å²) in [5.74, 6) is 0.610. The zero-order valence-corrected chi connectivity index (χ0v) is 22.2. The molecule has 4 rings (SSSR count). The third-order valence-corrected chi connectivity index (χ3v) is 7.91. The molecule has 0 aliphatic heterocycles. The van der Waals surface area contributed by atoms with E-state index in [1.807, 2.05) is 97.9 Å². The van der Waals surface area contributed by atoms with Crippen LogP contribution in [0.4, 0.5) is 4.79 Å². The van der Waals surface area contributed by atoms with E-state index in [0.29, 0.717) is 5.92 Å². The minimum atomic E-state index is -1.35. The number of amides is 2.